The maximum Gasteiger partial charge on any atom is 0.276 e. The van der Waals surface area contributed by atoms with Crippen molar-refractivity contribution in [2.75, 3.05) is 0 Å². The van der Waals surface area contributed by atoms with Gasteiger partial charge in [0.25, 0.3) is 5.89 Å². The summed E-state index contributed by atoms with van der Waals surface area (Å²) < 4.78 is 5.35. The molecule has 0 saturated heterocycles. The minimum Gasteiger partial charge on any atom is -0.332 e. The normalized spacial score (nSPS) is 10.9. The fourth-order valence-corrected chi connectivity index (χ4v) is 2.57. The molecule has 0 aliphatic rings. The maximum absolute atomic E-state index is 6.02. The summed E-state index contributed by atoms with van der Waals surface area (Å²) in [5.74, 6) is 0.940. The standard InChI is InChI=1S/C18H13ClN4O/c1-11-5-7-12(8-6-11)17-20-18(24-23-17)16-10-15(21-22-16)13-3-2-4-14(19)9-13/h2-10H,1H3,(H,21,22). The largest absolute Gasteiger partial charge is 0.332 e. The van der Waals surface area contributed by atoms with Gasteiger partial charge in [0.2, 0.25) is 5.82 Å². The summed E-state index contributed by atoms with van der Waals surface area (Å²) >= 11 is 6.02. The Hall–Kier alpha value is -2.92. The number of benzene rings is 2. The molecule has 0 atom stereocenters. The van der Waals surface area contributed by atoms with Crippen LogP contribution in [0, 0.1) is 6.92 Å². The quantitative estimate of drug-likeness (QED) is 0.586. The number of nitrogens with one attached hydrogen (secondary N) is 1. The number of aryl methyl sites for hydroxylation is 1. The van der Waals surface area contributed by atoms with Crippen molar-refractivity contribution < 1.29 is 4.52 Å². The average molecular weight is 337 g/mol. The van der Waals surface area contributed by atoms with E-state index in [1.165, 1.54) is 5.56 Å². The van der Waals surface area contributed by atoms with Crippen molar-refractivity contribution in [3.05, 3.63) is 65.2 Å². The lowest BCUT2D eigenvalue weighted by Gasteiger charge is -1.95. The summed E-state index contributed by atoms with van der Waals surface area (Å²) in [6.45, 7) is 2.04. The Morgan fingerprint density at radius 1 is 1.00 bits per heavy atom. The van der Waals surface area contributed by atoms with Gasteiger partial charge >= 0.3 is 0 Å². The van der Waals surface area contributed by atoms with E-state index in [-0.39, 0.29) is 0 Å². The van der Waals surface area contributed by atoms with Gasteiger partial charge in [0, 0.05) is 16.1 Å². The molecule has 0 bridgehead atoms. The summed E-state index contributed by atoms with van der Waals surface area (Å²) in [5, 5.41) is 11.9. The monoisotopic (exact) mass is 336 g/mol. The van der Waals surface area contributed by atoms with Crippen LogP contribution in [-0.2, 0) is 0 Å². The van der Waals surface area contributed by atoms with Gasteiger partial charge in [-0.2, -0.15) is 10.1 Å². The summed E-state index contributed by atoms with van der Waals surface area (Å²) in [6.07, 6.45) is 0. The number of aromatic amines is 1. The molecular formula is C18H13ClN4O. The smallest absolute Gasteiger partial charge is 0.276 e. The lowest BCUT2D eigenvalue weighted by Crippen LogP contribution is -1.81. The third kappa shape index (κ3) is 2.81. The summed E-state index contributed by atoms with van der Waals surface area (Å²) in [6, 6.07) is 17.3. The van der Waals surface area contributed by atoms with Crippen LogP contribution in [0.5, 0.6) is 0 Å². The Labute approximate surface area is 143 Å². The average Bonchev–Trinajstić information content (AvgIpc) is 3.25. The van der Waals surface area contributed by atoms with E-state index in [1.54, 1.807) is 0 Å². The lowest BCUT2D eigenvalue weighted by atomic mass is 10.1. The number of hydrogen-bond donors (Lipinski definition) is 1. The van der Waals surface area contributed by atoms with Crippen LogP contribution in [-0.4, -0.2) is 20.3 Å². The second kappa shape index (κ2) is 5.94. The first-order chi connectivity index (χ1) is 11.7. The van der Waals surface area contributed by atoms with Crippen molar-refractivity contribution in [1.82, 2.24) is 20.3 Å². The minimum atomic E-state index is 0.395. The van der Waals surface area contributed by atoms with Crippen molar-refractivity contribution in [2.45, 2.75) is 6.92 Å². The van der Waals surface area contributed by atoms with Crippen molar-refractivity contribution in [1.29, 1.82) is 0 Å². The number of nitrogens with zero attached hydrogens (tertiary/aromatic N) is 3. The number of halogens is 1. The molecular weight excluding hydrogens is 324 g/mol. The van der Waals surface area contributed by atoms with Gasteiger partial charge in [-0.1, -0.05) is 58.7 Å². The summed E-state index contributed by atoms with van der Waals surface area (Å²) in [5.41, 5.74) is 4.44. The fourth-order valence-electron chi connectivity index (χ4n) is 2.38. The molecule has 5 nitrogen and oxygen atoms in total. The van der Waals surface area contributed by atoms with E-state index >= 15 is 0 Å². The molecule has 2 aromatic heterocycles. The minimum absolute atomic E-state index is 0.395. The molecule has 0 fully saturated rings. The number of hydrogen-bond acceptors (Lipinski definition) is 4. The maximum atomic E-state index is 6.02. The zero-order valence-electron chi connectivity index (χ0n) is 12.8. The van der Waals surface area contributed by atoms with Gasteiger partial charge in [-0.05, 0) is 25.1 Å². The molecule has 4 rings (SSSR count). The number of H-pyrrole nitrogens is 1. The van der Waals surface area contributed by atoms with Gasteiger partial charge in [0.1, 0.15) is 5.69 Å². The van der Waals surface area contributed by atoms with E-state index in [1.807, 2.05) is 61.5 Å². The van der Waals surface area contributed by atoms with E-state index < -0.39 is 0 Å². The summed E-state index contributed by atoms with van der Waals surface area (Å²) in [4.78, 5) is 4.43. The molecule has 1 N–H and O–H groups in total. The van der Waals surface area contributed by atoms with Gasteiger partial charge in [-0.3, -0.25) is 5.10 Å². The topological polar surface area (TPSA) is 67.6 Å². The van der Waals surface area contributed by atoms with E-state index in [0.717, 1.165) is 16.8 Å². The predicted molar refractivity (Wildman–Crippen MR) is 92.5 cm³/mol. The Morgan fingerprint density at radius 3 is 2.62 bits per heavy atom. The van der Waals surface area contributed by atoms with Gasteiger partial charge in [-0.25, -0.2) is 0 Å². The van der Waals surface area contributed by atoms with Crippen molar-refractivity contribution in [3.8, 4) is 34.2 Å². The van der Waals surface area contributed by atoms with Crippen LogP contribution in [0.3, 0.4) is 0 Å². The highest BCUT2D eigenvalue weighted by molar-refractivity contribution is 6.30. The van der Waals surface area contributed by atoms with Gasteiger partial charge < -0.3 is 4.52 Å². The second-order valence-electron chi connectivity index (χ2n) is 5.47. The molecule has 0 aliphatic carbocycles. The molecule has 0 aliphatic heterocycles. The molecule has 24 heavy (non-hydrogen) atoms. The molecule has 0 radical (unpaired) electrons. The molecule has 2 aromatic carbocycles. The Kier molecular flexibility index (Phi) is 3.63. The van der Waals surface area contributed by atoms with Crippen LogP contribution >= 0.6 is 11.6 Å². The molecule has 6 heteroatoms. The fraction of sp³-hybridized carbons (Fsp3) is 0.0556. The Bertz CT molecular complexity index is 988. The third-order valence-electron chi connectivity index (χ3n) is 3.66. The van der Waals surface area contributed by atoms with Crippen LogP contribution in [0.25, 0.3) is 34.2 Å². The summed E-state index contributed by atoms with van der Waals surface area (Å²) in [7, 11) is 0. The van der Waals surface area contributed by atoms with Crippen LogP contribution in [0.15, 0.2) is 59.1 Å². The molecule has 4 aromatic rings. The molecule has 2 heterocycles. The van der Waals surface area contributed by atoms with E-state index in [0.29, 0.717) is 22.4 Å². The third-order valence-corrected chi connectivity index (χ3v) is 3.90. The van der Waals surface area contributed by atoms with Crippen molar-refractivity contribution in [2.24, 2.45) is 0 Å². The first kappa shape index (κ1) is 14.7. The first-order valence-corrected chi connectivity index (χ1v) is 7.79. The van der Waals surface area contributed by atoms with E-state index in [9.17, 15) is 0 Å². The molecule has 118 valence electrons. The zero-order valence-corrected chi connectivity index (χ0v) is 13.6. The van der Waals surface area contributed by atoms with Gasteiger partial charge in [-0.15, -0.1) is 0 Å². The van der Waals surface area contributed by atoms with Crippen LogP contribution in [0.4, 0.5) is 0 Å². The van der Waals surface area contributed by atoms with Crippen molar-refractivity contribution >= 4 is 11.6 Å². The zero-order chi connectivity index (χ0) is 16.5. The SMILES string of the molecule is Cc1ccc(-c2noc(-c3cc(-c4cccc(Cl)c4)n[nH]3)n2)cc1. The molecule has 0 unspecified atom stereocenters. The Balaban J connectivity index is 1.65. The van der Waals surface area contributed by atoms with Gasteiger partial charge in [0.05, 0.1) is 5.69 Å². The highest BCUT2D eigenvalue weighted by atomic mass is 35.5. The van der Waals surface area contributed by atoms with Crippen molar-refractivity contribution in [3.63, 3.8) is 0 Å². The van der Waals surface area contributed by atoms with Crippen LogP contribution < -0.4 is 0 Å². The second-order valence-corrected chi connectivity index (χ2v) is 5.90. The first-order valence-electron chi connectivity index (χ1n) is 7.41. The predicted octanol–water partition coefficient (Wildman–Crippen LogP) is 4.76. The highest BCUT2D eigenvalue weighted by Crippen LogP contribution is 2.26. The highest BCUT2D eigenvalue weighted by Gasteiger charge is 2.14. The molecule has 0 amide bonds. The van der Waals surface area contributed by atoms with Gasteiger partial charge in [0.15, 0.2) is 0 Å². The number of aromatic nitrogens is 4. The molecule has 0 spiro atoms. The lowest BCUT2D eigenvalue weighted by molar-refractivity contribution is 0.431. The Morgan fingerprint density at radius 2 is 1.83 bits per heavy atom. The van der Waals surface area contributed by atoms with E-state index in [2.05, 4.69) is 20.3 Å². The molecule has 0 saturated carbocycles. The van der Waals surface area contributed by atoms with E-state index in [4.69, 9.17) is 16.1 Å². The van der Waals surface area contributed by atoms with Crippen LogP contribution in [0.1, 0.15) is 5.56 Å². The van der Waals surface area contributed by atoms with Crippen LogP contribution in [0.2, 0.25) is 5.02 Å². The number of rotatable bonds is 3.